The van der Waals surface area contributed by atoms with Crippen molar-refractivity contribution in [2.24, 2.45) is 11.0 Å². The van der Waals surface area contributed by atoms with Crippen molar-refractivity contribution in [3.63, 3.8) is 0 Å². The third-order valence-electron chi connectivity index (χ3n) is 6.85. The molecular formula is C27H29N3O3S3. The largest absolute Gasteiger partial charge is 0.274 e. The van der Waals surface area contributed by atoms with Crippen LogP contribution >= 0.6 is 22.7 Å². The topological polar surface area (TPSA) is 70.1 Å². The molecule has 9 heteroatoms. The molecule has 0 radical (unpaired) electrons. The van der Waals surface area contributed by atoms with Crippen LogP contribution in [0.25, 0.3) is 6.08 Å². The fraction of sp³-hybridized carbons (Fsp3) is 0.333. The monoisotopic (exact) mass is 539 g/mol. The SMILES string of the molecule is CCN(CC)S(=O)(=O)c1ccc(C(=O)N2N=C3/C(=C\c4cccs4)CCC[C@@H]3[C@H]2c2cccs2)cc1. The van der Waals surface area contributed by atoms with Crippen LogP contribution in [0.3, 0.4) is 0 Å². The Labute approximate surface area is 220 Å². The summed E-state index contributed by atoms with van der Waals surface area (Å²) in [7, 11) is -3.58. The molecule has 0 saturated heterocycles. The van der Waals surface area contributed by atoms with Gasteiger partial charge in [0.25, 0.3) is 5.91 Å². The van der Waals surface area contributed by atoms with Gasteiger partial charge in [-0.05, 0) is 78.1 Å². The molecule has 3 heterocycles. The van der Waals surface area contributed by atoms with Crippen LogP contribution in [0.15, 0.2) is 74.9 Å². The molecule has 1 saturated carbocycles. The van der Waals surface area contributed by atoms with E-state index in [1.807, 2.05) is 31.4 Å². The standard InChI is InChI=1S/C27H29N3O3S3/c1-3-29(4-2)36(32,33)22-14-12-19(13-15-22)27(31)30-26(24-11-7-17-35-24)23-10-5-8-20(25(23)28-30)18-21-9-6-16-34-21/h6-7,9,11-18,23,26H,3-5,8,10H2,1-2H3/b20-18-/t23-,26-/m0/s1. The number of hydrogen-bond donors (Lipinski definition) is 0. The quantitative estimate of drug-likeness (QED) is 0.355. The van der Waals surface area contributed by atoms with Crippen LogP contribution in [0.4, 0.5) is 0 Å². The number of hydrazone groups is 1. The Morgan fingerprint density at radius 2 is 1.81 bits per heavy atom. The summed E-state index contributed by atoms with van der Waals surface area (Å²) in [4.78, 5) is 16.3. The van der Waals surface area contributed by atoms with Gasteiger partial charge in [0.2, 0.25) is 10.0 Å². The highest BCUT2D eigenvalue weighted by molar-refractivity contribution is 7.89. The maximum Gasteiger partial charge on any atom is 0.274 e. The van der Waals surface area contributed by atoms with Crippen molar-refractivity contribution in [1.82, 2.24) is 9.31 Å². The Kier molecular flexibility index (Phi) is 7.25. The van der Waals surface area contributed by atoms with E-state index in [2.05, 4.69) is 23.6 Å². The molecule has 36 heavy (non-hydrogen) atoms. The van der Waals surface area contributed by atoms with Crippen LogP contribution < -0.4 is 0 Å². The van der Waals surface area contributed by atoms with Crippen LogP contribution in [-0.4, -0.2) is 42.4 Å². The van der Waals surface area contributed by atoms with Gasteiger partial charge < -0.3 is 0 Å². The molecule has 2 aromatic heterocycles. The van der Waals surface area contributed by atoms with Crippen molar-refractivity contribution >= 4 is 50.4 Å². The van der Waals surface area contributed by atoms with Gasteiger partial charge >= 0.3 is 0 Å². The molecule has 6 nitrogen and oxygen atoms in total. The molecule has 1 aliphatic heterocycles. The fourth-order valence-corrected chi connectivity index (χ4v) is 8.08. The number of allylic oxidation sites excluding steroid dienone is 1. The van der Waals surface area contributed by atoms with Gasteiger partial charge in [-0.3, -0.25) is 4.79 Å². The Bertz CT molecular complexity index is 1370. The van der Waals surface area contributed by atoms with Crippen LogP contribution in [0.2, 0.25) is 0 Å². The number of thiophene rings is 2. The highest BCUT2D eigenvalue weighted by Crippen LogP contribution is 2.46. The predicted molar refractivity (Wildman–Crippen MR) is 147 cm³/mol. The lowest BCUT2D eigenvalue weighted by molar-refractivity contribution is 0.0684. The summed E-state index contributed by atoms with van der Waals surface area (Å²) in [5, 5.41) is 10.7. The van der Waals surface area contributed by atoms with Gasteiger partial charge in [-0.1, -0.05) is 26.0 Å². The Morgan fingerprint density at radius 3 is 2.44 bits per heavy atom. The van der Waals surface area contributed by atoms with E-state index in [0.717, 1.165) is 29.9 Å². The van der Waals surface area contributed by atoms with Gasteiger partial charge in [0.1, 0.15) is 0 Å². The number of carbonyl (C=O) groups excluding carboxylic acids is 1. The van der Waals surface area contributed by atoms with Crippen LogP contribution in [0.5, 0.6) is 0 Å². The van der Waals surface area contributed by atoms with E-state index in [-0.39, 0.29) is 22.8 Å². The van der Waals surface area contributed by atoms with Gasteiger partial charge in [0.15, 0.2) is 0 Å². The molecule has 5 rings (SSSR count). The first-order valence-electron chi connectivity index (χ1n) is 12.2. The molecule has 0 unspecified atom stereocenters. The van der Waals surface area contributed by atoms with Crippen LogP contribution in [0, 0.1) is 5.92 Å². The van der Waals surface area contributed by atoms with Gasteiger partial charge in [-0.25, -0.2) is 13.4 Å². The Balaban J connectivity index is 1.49. The molecule has 0 spiro atoms. The van der Waals surface area contributed by atoms with E-state index < -0.39 is 10.0 Å². The molecule has 2 atom stereocenters. The predicted octanol–water partition coefficient (Wildman–Crippen LogP) is 6.28. The number of nitrogens with zero attached hydrogens (tertiary/aromatic N) is 3. The van der Waals surface area contributed by atoms with Gasteiger partial charge in [-0.2, -0.15) is 9.41 Å². The first kappa shape index (κ1) is 25.1. The van der Waals surface area contributed by atoms with Gasteiger partial charge in [-0.15, -0.1) is 22.7 Å². The molecule has 3 aromatic rings. The number of fused-ring (bicyclic) bond motifs is 1. The first-order valence-corrected chi connectivity index (χ1v) is 15.4. The zero-order valence-electron chi connectivity index (χ0n) is 20.3. The summed E-state index contributed by atoms with van der Waals surface area (Å²) in [5.41, 5.74) is 2.63. The van der Waals surface area contributed by atoms with Crippen molar-refractivity contribution in [1.29, 1.82) is 0 Å². The van der Waals surface area contributed by atoms with E-state index in [9.17, 15) is 13.2 Å². The summed E-state index contributed by atoms with van der Waals surface area (Å²) < 4.78 is 27.2. The van der Waals surface area contributed by atoms with E-state index in [4.69, 9.17) is 5.10 Å². The third-order valence-corrected chi connectivity index (χ3v) is 10.7. The molecular weight excluding hydrogens is 511 g/mol. The number of carbonyl (C=O) groups is 1. The minimum Gasteiger partial charge on any atom is -0.267 e. The van der Waals surface area contributed by atoms with E-state index in [0.29, 0.717) is 18.7 Å². The zero-order chi connectivity index (χ0) is 25.3. The maximum absolute atomic E-state index is 13.8. The molecule has 1 aliphatic carbocycles. The molecule has 1 aromatic carbocycles. The minimum absolute atomic E-state index is 0.148. The number of hydrogen-bond acceptors (Lipinski definition) is 6. The van der Waals surface area contributed by atoms with Gasteiger partial charge in [0, 0.05) is 34.3 Å². The lowest BCUT2D eigenvalue weighted by atomic mass is 9.79. The second-order valence-electron chi connectivity index (χ2n) is 8.89. The summed E-state index contributed by atoms with van der Waals surface area (Å²) in [6, 6.07) is 14.3. The average Bonchev–Trinajstić information content (AvgIpc) is 3.65. The molecule has 1 fully saturated rings. The average molecular weight is 540 g/mol. The number of rotatable bonds is 7. The summed E-state index contributed by atoms with van der Waals surface area (Å²) in [6.07, 6.45) is 5.20. The molecule has 0 N–H and O–H groups in total. The molecule has 1 amide bonds. The van der Waals surface area contributed by atoms with Crippen molar-refractivity contribution in [3.8, 4) is 0 Å². The first-order chi connectivity index (χ1) is 17.4. The maximum atomic E-state index is 13.8. The fourth-order valence-electron chi connectivity index (χ4n) is 5.07. The Hall–Kier alpha value is -2.59. The summed E-state index contributed by atoms with van der Waals surface area (Å²) >= 11 is 3.34. The molecule has 0 bridgehead atoms. The minimum atomic E-state index is -3.58. The number of amides is 1. The second-order valence-corrected chi connectivity index (χ2v) is 12.8. The lowest BCUT2D eigenvalue weighted by Gasteiger charge is -2.28. The van der Waals surface area contributed by atoms with Crippen molar-refractivity contribution in [2.45, 2.75) is 44.0 Å². The highest BCUT2D eigenvalue weighted by atomic mass is 32.2. The van der Waals surface area contributed by atoms with Crippen LogP contribution in [0.1, 0.15) is 59.3 Å². The molecule has 188 valence electrons. The lowest BCUT2D eigenvalue weighted by Crippen LogP contribution is -2.32. The smallest absolute Gasteiger partial charge is 0.267 e. The highest BCUT2D eigenvalue weighted by Gasteiger charge is 2.44. The van der Waals surface area contributed by atoms with Crippen LogP contribution in [-0.2, 0) is 10.0 Å². The van der Waals surface area contributed by atoms with Crippen molar-refractivity contribution in [2.75, 3.05) is 13.1 Å². The normalized spacial score (nSPS) is 21.1. The van der Waals surface area contributed by atoms with E-state index >= 15 is 0 Å². The number of sulfonamides is 1. The second kappa shape index (κ2) is 10.4. The van der Waals surface area contributed by atoms with E-state index in [1.54, 1.807) is 39.8 Å². The Morgan fingerprint density at radius 1 is 1.08 bits per heavy atom. The third kappa shape index (κ3) is 4.61. The number of benzene rings is 1. The summed E-state index contributed by atoms with van der Waals surface area (Å²) in [6.45, 7) is 4.43. The molecule has 2 aliphatic rings. The van der Waals surface area contributed by atoms with Gasteiger partial charge in [0.05, 0.1) is 16.6 Å². The summed E-state index contributed by atoms with van der Waals surface area (Å²) in [5.74, 6) is -0.0626. The van der Waals surface area contributed by atoms with Crippen molar-refractivity contribution in [3.05, 3.63) is 80.2 Å². The zero-order valence-corrected chi connectivity index (χ0v) is 22.8. The van der Waals surface area contributed by atoms with Crippen molar-refractivity contribution < 1.29 is 13.2 Å². The van der Waals surface area contributed by atoms with E-state index in [1.165, 1.54) is 26.9 Å².